The van der Waals surface area contributed by atoms with Gasteiger partial charge in [0.2, 0.25) is 0 Å². The number of nitrogens with zero attached hydrogens (tertiary/aromatic N) is 4. The van der Waals surface area contributed by atoms with Gasteiger partial charge in [0.25, 0.3) is 0 Å². The molecule has 4 aromatic rings. The molecular formula is C25H28N4O5S. The molecule has 2 heterocycles. The van der Waals surface area contributed by atoms with Crippen LogP contribution in [-0.4, -0.2) is 60.9 Å². The lowest BCUT2D eigenvalue weighted by atomic mass is 10.1. The maximum absolute atomic E-state index is 12.5. The Hall–Kier alpha value is -3.50. The fourth-order valence-corrected chi connectivity index (χ4v) is 4.55. The zero-order valence-electron chi connectivity index (χ0n) is 20.0. The highest BCUT2D eigenvalue weighted by molar-refractivity contribution is 7.91. The molecule has 0 unspecified atom stereocenters. The summed E-state index contributed by atoms with van der Waals surface area (Å²) in [5.74, 6) is 0.567. The third-order valence-corrected chi connectivity index (χ3v) is 7.28. The fourth-order valence-electron chi connectivity index (χ4n) is 3.65. The summed E-state index contributed by atoms with van der Waals surface area (Å²) in [6.07, 6.45) is 4.20. The van der Waals surface area contributed by atoms with Gasteiger partial charge in [0.1, 0.15) is 0 Å². The number of hydrogen-bond acceptors (Lipinski definition) is 8. The smallest absolute Gasteiger partial charge is 0.420 e. The quantitative estimate of drug-likeness (QED) is 0.308. The molecule has 0 atom stereocenters. The van der Waals surface area contributed by atoms with Gasteiger partial charge in [-0.2, -0.15) is 0 Å². The normalized spacial score (nSPS) is 11.9. The standard InChI is InChI=1S/C25H28N4O5S/c1-4-35(31,32)21-9-10-23-22(14-21)29(25(30)34-23)17-18-7-5-8-19(13-18)24-26-15-20(16-27-24)33-12-6-11-28(2)3/h5,7-10,13-16H,4,6,11-12,17H2,1-3H3. The highest BCUT2D eigenvalue weighted by atomic mass is 32.2. The van der Waals surface area contributed by atoms with Crippen LogP contribution in [0.1, 0.15) is 18.9 Å². The average Bonchev–Trinajstić information content (AvgIpc) is 3.16. The summed E-state index contributed by atoms with van der Waals surface area (Å²) in [7, 11) is 0.625. The van der Waals surface area contributed by atoms with Gasteiger partial charge >= 0.3 is 5.76 Å². The van der Waals surface area contributed by atoms with E-state index in [1.807, 2.05) is 38.4 Å². The van der Waals surface area contributed by atoms with Crippen LogP contribution in [0.3, 0.4) is 0 Å². The Labute approximate surface area is 203 Å². The lowest BCUT2D eigenvalue weighted by molar-refractivity contribution is 0.280. The summed E-state index contributed by atoms with van der Waals surface area (Å²) in [6, 6.07) is 12.0. The summed E-state index contributed by atoms with van der Waals surface area (Å²) in [5.41, 5.74) is 2.38. The van der Waals surface area contributed by atoms with E-state index >= 15 is 0 Å². The average molecular weight is 497 g/mol. The van der Waals surface area contributed by atoms with Crippen LogP contribution in [-0.2, 0) is 16.4 Å². The summed E-state index contributed by atoms with van der Waals surface area (Å²) < 4.78 is 37.1. The molecular weight excluding hydrogens is 468 g/mol. The van der Waals surface area contributed by atoms with Gasteiger partial charge in [-0.15, -0.1) is 0 Å². The first-order chi connectivity index (χ1) is 16.8. The maximum Gasteiger partial charge on any atom is 0.420 e. The summed E-state index contributed by atoms with van der Waals surface area (Å²) in [6.45, 7) is 3.32. The van der Waals surface area contributed by atoms with Gasteiger partial charge in [-0.3, -0.25) is 4.57 Å². The van der Waals surface area contributed by atoms with Crippen molar-refractivity contribution < 1.29 is 17.6 Å². The van der Waals surface area contributed by atoms with Gasteiger partial charge in [-0.1, -0.05) is 25.1 Å². The van der Waals surface area contributed by atoms with Gasteiger partial charge in [-0.25, -0.2) is 23.2 Å². The van der Waals surface area contributed by atoms with Crippen molar-refractivity contribution in [2.75, 3.05) is 33.0 Å². The lowest BCUT2D eigenvalue weighted by Crippen LogP contribution is -2.15. The van der Waals surface area contributed by atoms with Crippen molar-refractivity contribution in [1.82, 2.24) is 19.4 Å². The highest BCUT2D eigenvalue weighted by Crippen LogP contribution is 2.22. The van der Waals surface area contributed by atoms with Gasteiger partial charge < -0.3 is 14.1 Å². The van der Waals surface area contributed by atoms with Crippen LogP contribution in [0, 0.1) is 0 Å². The minimum atomic E-state index is -3.41. The van der Waals surface area contributed by atoms with Gasteiger partial charge in [0.05, 0.1) is 41.7 Å². The van der Waals surface area contributed by atoms with Gasteiger partial charge in [0.15, 0.2) is 27.0 Å². The first kappa shape index (κ1) is 24.6. The molecule has 0 N–H and O–H groups in total. The van der Waals surface area contributed by atoms with Gasteiger partial charge in [-0.05, 0) is 50.3 Å². The Morgan fingerprint density at radius 2 is 1.86 bits per heavy atom. The van der Waals surface area contributed by atoms with E-state index in [0.717, 1.165) is 24.1 Å². The fraction of sp³-hybridized carbons (Fsp3) is 0.320. The molecule has 2 aromatic heterocycles. The van der Waals surface area contributed by atoms with E-state index < -0.39 is 15.6 Å². The van der Waals surface area contributed by atoms with E-state index in [4.69, 9.17) is 9.15 Å². The molecule has 0 aliphatic rings. The number of sulfone groups is 1. The first-order valence-electron chi connectivity index (χ1n) is 11.3. The number of hydrogen-bond donors (Lipinski definition) is 0. The molecule has 0 radical (unpaired) electrons. The number of benzene rings is 2. The second-order valence-electron chi connectivity index (χ2n) is 8.44. The van der Waals surface area contributed by atoms with Crippen molar-refractivity contribution in [1.29, 1.82) is 0 Å². The van der Waals surface area contributed by atoms with Crippen LogP contribution in [0.4, 0.5) is 0 Å². The number of fused-ring (bicyclic) bond motifs is 1. The molecule has 0 amide bonds. The first-order valence-corrected chi connectivity index (χ1v) is 13.0. The van der Waals surface area contributed by atoms with Crippen LogP contribution in [0.5, 0.6) is 5.75 Å². The number of aromatic nitrogens is 3. The zero-order valence-corrected chi connectivity index (χ0v) is 20.8. The van der Waals surface area contributed by atoms with E-state index in [2.05, 4.69) is 14.9 Å². The molecule has 0 spiro atoms. The van der Waals surface area contributed by atoms with Crippen LogP contribution >= 0.6 is 0 Å². The Bertz CT molecular complexity index is 1470. The van der Waals surface area contributed by atoms with E-state index in [-0.39, 0.29) is 17.2 Å². The second-order valence-corrected chi connectivity index (χ2v) is 10.7. The Morgan fingerprint density at radius 3 is 2.57 bits per heavy atom. The van der Waals surface area contributed by atoms with Crippen molar-refractivity contribution in [2.45, 2.75) is 24.8 Å². The topological polar surface area (TPSA) is 108 Å². The third kappa shape index (κ3) is 5.77. The SMILES string of the molecule is CCS(=O)(=O)c1ccc2oc(=O)n(Cc3cccc(-c4ncc(OCCCN(C)C)cn4)c3)c2c1. The van der Waals surface area contributed by atoms with Crippen molar-refractivity contribution >= 4 is 20.9 Å². The summed E-state index contributed by atoms with van der Waals surface area (Å²) in [4.78, 5) is 23.6. The lowest BCUT2D eigenvalue weighted by Gasteiger charge is -2.10. The Balaban J connectivity index is 1.54. The second kappa shape index (κ2) is 10.4. The molecule has 35 heavy (non-hydrogen) atoms. The van der Waals surface area contributed by atoms with Crippen molar-refractivity contribution in [3.05, 3.63) is 71.0 Å². The predicted molar refractivity (Wildman–Crippen MR) is 133 cm³/mol. The summed E-state index contributed by atoms with van der Waals surface area (Å²) in [5, 5.41) is 0. The third-order valence-electron chi connectivity index (χ3n) is 5.55. The highest BCUT2D eigenvalue weighted by Gasteiger charge is 2.17. The van der Waals surface area contributed by atoms with Crippen LogP contribution in [0.25, 0.3) is 22.5 Å². The summed E-state index contributed by atoms with van der Waals surface area (Å²) >= 11 is 0. The molecule has 0 saturated heterocycles. The van der Waals surface area contributed by atoms with E-state index in [9.17, 15) is 13.2 Å². The Kier molecular flexibility index (Phi) is 7.32. The molecule has 0 bridgehead atoms. The maximum atomic E-state index is 12.5. The molecule has 9 nitrogen and oxygen atoms in total. The molecule has 0 fully saturated rings. The van der Waals surface area contributed by atoms with Crippen molar-refractivity contribution in [2.24, 2.45) is 0 Å². The predicted octanol–water partition coefficient (Wildman–Crippen LogP) is 3.22. The van der Waals surface area contributed by atoms with E-state index in [0.29, 0.717) is 29.3 Å². The molecule has 184 valence electrons. The molecule has 0 saturated carbocycles. The molecule has 2 aromatic carbocycles. The van der Waals surface area contributed by atoms with Gasteiger partial charge in [0, 0.05) is 12.1 Å². The number of oxazole rings is 1. The minimum Gasteiger partial charge on any atom is -0.490 e. The van der Waals surface area contributed by atoms with Crippen molar-refractivity contribution in [3.8, 4) is 17.1 Å². The van der Waals surface area contributed by atoms with Crippen LogP contribution < -0.4 is 10.5 Å². The molecule has 4 rings (SSSR count). The van der Waals surface area contributed by atoms with Crippen LogP contribution in [0.15, 0.2) is 69.0 Å². The van der Waals surface area contributed by atoms with E-state index in [1.54, 1.807) is 19.3 Å². The monoisotopic (exact) mass is 496 g/mol. The Morgan fingerprint density at radius 1 is 1.09 bits per heavy atom. The van der Waals surface area contributed by atoms with E-state index in [1.165, 1.54) is 22.8 Å². The van der Waals surface area contributed by atoms with Crippen molar-refractivity contribution in [3.63, 3.8) is 0 Å². The molecule has 10 heteroatoms. The number of ether oxygens (including phenoxy) is 1. The largest absolute Gasteiger partial charge is 0.490 e. The van der Waals surface area contributed by atoms with Crippen LogP contribution in [0.2, 0.25) is 0 Å². The molecule has 0 aliphatic carbocycles. The zero-order chi connectivity index (χ0) is 25.0. The number of rotatable bonds is 10. The molecule has 0 aliphatic heterocycles. The minimum absolute atomic E-state index is 0.0252.